The van der Waals surface area contributed by atoms with E-state index in [1.807, 2.05) is 0 Å². The van der Waals surface area contributed by atoms with Gasteiger partial charge in [0.25, 0.3) is 0 Å². The van der Waals surface area contributed by atoms with Crippen molar-refractivity contribution < 1.29 is 14.6 Å². The van der Waals surface area contributed by atoms with Crippen molar-refractivity contribution in [2.75, 3.05) is 7.11 Å². The van der Waals surface area contributed by atoms with E-state index in [2.05, 4.69) is 23.6 Å². The molecule has 0 aromatic carbocycles. The van der Waals surface area contributed by atoms with Gasteiger partial charge >= 0.3 is 5.97 Å². The lowest BCUT2D eigenvalue weighted by Crippen LogP contribution is -2.04. The van der Waals surface area contributed by atoms with Gasteiger partial charge in [-0.2, -0.15) is 0 Å². The summed E-state index contributed by atoms with van der Waals surface area (Å²) in [5, 5.41) is 12.0. The van der Waals surface area contributed by atoms with E-state index in [9.17, 15) is 9.90 Å². The summed E-state index contributed by atoms with van der Waals surface area (Å²) in [6.07, 6.45) is 1.03. The smallest absolute Gasteiger partial charge is 0.357 e. The van der Waals surface area contributed by atoms with E-state index in [0.29, 0.717) is 17.3 Å². The summed E-state index contributed by atoms with van der Waals surface area (Å²) >= 11 is 1.29. The van der Waals surface area contributed by atoms with Gasteiger partial charge in [0.05, 0.1) is 7.11 Å². The van der Waals surface area contributed by atoms with Gasteiger partial charge < -0.3 is 9.84 Å². The summed E-state index contributed by atoms with van der Waals surface area (Å²) in [5.74, 6) is 0.0910. The maximum absolute atomic E-state index is 11.2. The Morgan fingerprint density at radius 3 is 2.81 bits per heavy atom. The number of rotatable bonds is 5. The highest BCUT2D eigenvalue weighted by Crippen LogP contribution is 2.24. The molecule has 90 valence electrons. The van der Waals surface area contributed by atoms with Crippen molar-refractivity contribution >= 4 is 17.3 Å². The van der Waals surface area contributed by atoms with Crippen LogP contribution in [0.3, 0.4) is 0 Å². The normalized spacial score (nSPS) is 12.8. The lowest BCUT2D eigenvalue weighted by molar-refractivity contribution is 0.0594. The SMILES string of the molecule is COC(=O)c1csc(C(O)CCC(C)C)n1. The van der Waals surface area contributed by atoms with Crippen LogP contribution < -0.4 is 0 Å². The van der Waals surface area contributed by atoms with Gasteiger partial charge in [-0.05, 0) is 18.8 Å². The number of ether oxygens (including phenoxy) is 1. The average molecular weight is 243 g/mol. The molecule has 0 bridgehead atoms. The lowest BCUT2D eigenvalue weighted by atomic mass is 10.1. The zero-order valence-corrected chi connectivity index (χ0v) is 10.6. The second-order valence-electron chi connectivity index (χ2n) is 4.05. The molecule has 16 heavy (non-hydrogen) atoms. The van der Waals surface area contributed by atoms with Crippen LogP contribution in [0.15, 0.2) is 5.38 Å². The zero-order valence-electron chi connectivity index (χ0n) is 9.77. The third-order valence-electron chi connectivity index (χ3n) is 2.22. The Hall–Kier alpha value is -0.940. The van der Waals surface area contributed by atoms with Crippen LogP contribution in [0.5, 0.6) is 0 Å². The van der Waals surface area contributed by atoms with E-state index < -0.39 is 12.1 Å². The standard InChI is InChI=1S/C11H17NO3S/c1-7(2)4-5-9(13)10-12-8(6-16-10)11(14)15-3/h6-7,9,13H,4-5H2,1-3H3. The quantitative estimate of drug-likeness (QED) is 0.807. The number of carbonyl (C=O) groups excluding carboxylic acids is 1. The summed E-state index contributed by atoms with van der Waals surface area (Å²) in [6.45, 7) is 4.21. The first kappa shape index (κ1) is 13.1. The lowest BCUT2D eigenvalue weighted by Gasteiger charge is -2.08. The largest absolute Gasteiger partial charge is 0.464 e. The van der Waals surface area contributed by atoms with Crippen LogP contribution in [0.4, 0.5) is 0 Å². The third-order valence-corrected chi connectivity index (χ3v) is 3.16. The van der Waals surface area contributed by atoms with Gasteiger partial charge in [-0.15, -0.1) is 11.3 Å². The Morgan fingerprint density at radius 1 is 1.56 bits per heavy atom. The monoisotopic (exact) mass is 243 g/mol. The number of thiazole rings is 1. The van der Waals surface area contributed by atoms with Crippen molar-refractivity contribution in [2.45, 2.75) is 32.8 Å². The van der Waals surface area contributed by atoms with Gasteiger partial charge in [0.15, 0.2) is 5.69 Å². The Bertz CT molecular complexity index is 349. The number of nitrogens with zero attached hydrogens (tertiary/aromatic N) is 1. The molecule has 0 aliphatic rings. The summed E-state index contributed by atoms with van der Waals surface area (Å²) in [5.41, 5.74) is 0.270. The summed E-state index contributed by atoms with van der Waals surface area (Å²) in [6, 6.07) is 0. The van der Waals surface area contributed by atoms with E-state index >= 15 is 0 Å². The molecule has 1 rings (SSSR count). The van der Waals surface area contributed by atoms with Gasteiger partial charge in [0.2, 0.25) is 0 Å². The molecule has 0 spiro atoms. The molecule has 0 saturated carbocycles. The van der Waals surface area contributed by atoms with Crippen LogP contribution >= 0.6 is 11.3 Å². The van der Waals surface area contributed by atoms with Crippen LogP contribution in [0.25, 0.3) is 0 Å². The molecule has 1 aromatic rings. The van der Waals surface area contributed by atoms with Gasteiger partial charge in [-0.3, -0.25) is 0 Å². The fourth-order valence-electron chi connectivity index (χ4n) is 1.25. The summed E-state index contributed by atoms with van der Waals surface area (Å²) in [4.78, 5) is 15.2. The van der Waals surface area contributed by atoms with Gasteiger partial charge in [-0.25, -0.2) is 9.78 Å². The molecule has 0 saturated heterocycles. The van der Waals surface area contributed by atoms with E-state index in [-0.39, 0.29) is 5.69 Å². The van der Waals surface area contributed by atoms with Crippen molar-refractivity contribution in [3.63, 3.8) is 0 Å². The van der Waals surface area contributed by atoms with Crippen LogP contribution in [0.1, 0.15) is 48.3 Å². The molecule has 1 heterocycles. The molecule has 0 aliphatic carbocycles. The molecule has 0 aliphatic heterocycles. The minimum absolute atomic E-state index is 0.270. The first-order valence-electron chi connectivity index (χ1n) is 5.26. The fraction of sp³-hybridized carbons (Fsp3) is 0.636. The molecule has 5 heteroatoms. The molecule has 1 aromatic heterocycles. The molecule has 0 amide bonds. The number of aromatic nitrogens is 1. The molecular weight excluding hydrogens is 226 g/mol. The number of aliphatic hydroxyl groups is 1. The van der Waals surface area contributed by atoms with Gasteiger partial charge in [0.1, 0.15) is 11.1 Å². The number of esters is 1. The Kier molecular flexibility index (Phi) is 4.89. The number of aliphatic hydroxyl groups excluding tert-OH is 1. The van der Waals surface area contributed by atoms with Crippen LogP contribution in [0.2, 0.25) is 0 Å². The van der Waals surface area contributed by atoms with Crippen molar-refractivity contribution in [3.8, 4) is 0 Å². The fourth-order valence-corrected chi connectivity index (χ4v) is 2.06. The van der Waals surface area contributed by atoms with E-state index in [4.69, 9.17) is 0 Å². The molecule has 0 radical (unpaired) electrons. The molecule has 1 unspecified atom stereocenters. The molecule has 4 nitrogen and oxygen atoms in total. The van der Waals surface area contributed by atoms with Crippen LogP contribution in [-0.4, -0.2) is 23.2 Å². The summed E-state index contributed by atoms with van der Waals surface area (Å²) in [7, 11) is 1.32. The Balaban J connectivity index is 2.59. The second kappa shape index (κ2) is 5.96. The predicted molar refractivity (Wildman–Crippen MR) is 62.5 cm³/mol. The first-order valence-corrected chi connectivity index (χ1v) is 6.14. The first-order chi connectivity index (χ1) is 7.54. The van der Waals surface area contributed by atoms with Crippen molar-refractivity contribution in [2.24, 2.45) is 5.92 Å². The zero-order chi connectivity index (χ0) is 12.1. The Labute approximate surface area is 99.3 Å². The average Bonchev–Trinajstić information content (AvgIpc) is 2.74. The number of hydrogen-bond acceptors (Lipinski definition) is 5. The minimum Gasteiger partial charge on any atom is -0.464 e. The van der Waals surface area contributed by atoms with Gasteiger partial charge in [-0.1, -0.05) is 13.8 Å². The Morgan fingerprint density at radius 2 is 2.25 bits per heavy atom. The highest BCUT2D eigenvalue weighted by atomic mass is 32.1. The van der Waals surface area contributed by atoms with Gasteiger partial charge in [0, 0.05) is 5.38 Å². The minimum atomic E-state index is -0.578. The van der Waals surface area contributed by atoms with Crippen LogP contribution in [0, 0.1) is 5.92 Å². The molecular formula is C11H17NO3S. The van der Waals surface area contributed by atoms with Crippen molar-refractivity contribution in [1.82, 2.24) is 4.98 Å². The van der Waals surface area contributed by atoms with E-state index in [1.54, 1.807) is 5.38 Å². The predicted octanol–water partition coefficient (Wildman–Crippen LogP) is 2.40. The highest BCUT2D eigenvalue weighted by molar-refractivity contribution is 7.09. The highest BCUT2D eigenvalue weighted by Gasteiger charge is 2.16. The maximum atomic E-state index is 11.2. The second-order valence-corrected chi connectivity index (χ2v) is 4.94. The third kappa shape index (κ3) is 3.57. The number of hydrogen-bond donors (Lipinski definition) is 1. The topological polar surface area (TPSA) is 59.4 Å². The maximum Gasteiger partial charge on any atom is 0.357 e. The molecule has 1 atom stereocenters. The van der Waals surface area contributed by atoms with Crippen molar-refractivity contribution in [1.29, 1.82) is 0 Å². The van der Waals surface area contributed by atoms with Crippen molar-refractivity contribution in [3.05, 3.63) is 16.1 Å². The molecule has 0 fully saturated rings. The summed E-state index contributed by atoms with van der Waals surface area (Å²) < 4.78 is 4.55. The van der Waals surface area contributed by atoms with E-state index in [0.717, 1.165) is 6.42 Å². The van der Waals surface area contributed by atoms with E-state index in [1.165, 1.54) is 18.4 Å². The number of methoxy groups -OCH3 is 1. The molecule has 1 N–H and O–H groups in total. The van der Waals surface area contributed by atoms with Crippen LogP contribution in [-0.2, 0) is 4.74 Å². The number of carbonyl (C=O) groups is 1.